The molecule has 0 amide bonds. The smallest absolute Gasteiger partial charge is 0.329 e. The molecule has 1 aliphatic heterocycles. The number of halogens is 3. The third kappa shape index (κ3) is 3.01. The van der Waals surface area contributed by atoms with E-state index in [1.807, 2.05) is 0 Å². The molecule has 1 aliphatic rings. The number of alkyl halides is 3. The zero-order valence-electron chi connectivity index (χ0n) is 11.0. The molecule has 0 bridgehead atoms. The summed E-state index contributed by atoms with van der Waals surface area (Å²) in [6, 6.07) is 1.57. The van der Waals surface area contributed by atoms with Gasteiger partial charge in [0.2, 0.25) is 15.8 Å². The molecule has 3 rings (SSSR count). The van der Waals surface area contributed by atoms with Gasteiger partial charge in [0.05, 0.1) is 5.75 Å². The lowest BCUT2D eigenvalue weighted by Gasteiger charge is -2.12. The van der Waals surface area contributed by atoms with Crippen molar-refractivity contribution in [3.8, 4) is 11.4 Å². The Balaban J connectivity index is 1.78. The monoisotopic (exact) mass is 353 g/mol. The fraction of sp³-hybridized carbons (Fsp3) is 0.455. The van der Waals surface area contributed by atoms with Crippen molar-refractivity contribution < 1.29 is 26.1 Å². The normalized spacial score (nSPS) is 18.9. The molecule has 11 heteroatoms. The van der Waals surface area contributed by atoms with Crippen molar-refractivity contribution in [1.82, 2.24) is 14.4 Å². The van der Waals surface area contributed by atoms with Crippen LogP contribution in [0.1, 0.15) is 17.2 Å². The predicted octanol–water partition coefficient (Wildman–Crippen LogP) is 2.35. The van der Waals surface area contributed by atoms with E-state index < -0.39 is 22.1 Å². The van der Waals surface area contributed by atoms with Crippen LogP contribution in [-0.2, 0) is 22.7 Å². The topological polar surface area (TPSA) is 76.3 Å². The minimum atomic E-state index is -4.69. The molecular weight excluding hydrogens is 343 g/mol. The molecule has 0 atom stereocenters. The molecule has 0 aromatic carbocycles. The van der Waals surface area contributed by atoms with Gasteiger partial charge in [0.25, 0.3) is 0 Å². The molecule has 0 spiro atoms. The van der Waals surface area contributed by atoms with E-state index in [0.29, 0.717) is 23.4 Å². The first-order chi connectivity index (χ1) is 10.3. The molecule has 0 N–H and O–H groups in total. The molecule has 2 aromatic heterocycles. The van der Waals surface area contributed by atoms with E-state index in [4.69, 9.17) is 0 Å². The van der Waals surface area contributed by atoms with Crippen LogP contribution in [0.4, 0.5) is 13.2 Å². The minimum Gasteiger partial charge on any atom is -0.329 e. The van der Waals surface area contributed by atoms with Gasteiger partial charge in [-0.05, 0) is 12.5 Å². The maximum atomic E-state index is 12.4. The lowest BCUT2D eigenvalue weighted by atomic mass is 10.3. The molecule has 3 heterocycles. The van der Waals surface area contributed by atoms with Crippen molar-refractivity contribution >= 4 is 21.4 Å². The molecule has 0 unspecified atom stereocenters. The Kier molecular flexibility index (Phi) is 3.73. The second-order valence-electron chi connectivity index (χ2n) is 4.73. The van der Waals surface area contributed by atoms with E-state index in [2.05, 4.69) is 14.7 Å². The summed E-state index contributed by atoms with van der Waals surface area (Å²) in [5.41, 5.74) is 0.371. The molecule has 0 aliphatic carbocycles. The summed E-state index contributed by atoms with van der Waals surface area (Å²) in [5.74, 6) is -1.44. The van der Waals surface area contributed by atoms with Crippen LogP contribution in [0.25, 0.3) is 11.4 Å². The highest BCUT2D eigenvalue weighted by Gasteiger charge is 2.38. The average Bonchev–Trinajstić information content (AvgIpc) is 3.10. The van der Waals surface area contributed by atoms with Gasteiger partial charge < -0.3 is 4.52 Å². The van der Waals surface area contributed by atoms with Crippen LogP contribution in [-0.4, -0.2) is 35.2 Å². The largest absolute Gasteiger partial charge is 0.471 e. The molecule has 6 nitrogen and oxygen atoms in total. The molecule has 1 saturated heterocycles. The van der Waals surface area contributed by atoms with Crippen molar-refractivity contribution in [3.63, 3.8) is 0 Å². The number of thiophene rings is 1. The highest BCUT2D eigenvalue weighted by Crippen LogP contribution is 2.31. The first kappa shape index (κ1) is 15.4. The summed E-state index contributed by atoms with van der Waals surface area (Å²) in [7, 11) is -3.21. The zero-order valence-corrected chi connectivity index (χ0v) is 12.6. The van der Waals surface area contributed by atoms with Crippen LogP contribution in [0.5, 0.6) is 0 Å². The maximum absolute atomic E-state index is 12.4. The van der Waals surface area contributed by atoms with E-state index in [1.165, 1.54) is 15.6 Å². The van der Waals surface area contributed by atoms with Gasteiger partial charge in [-0.25, -0.2) is 8.42 Å². The molecule has 120 valence electrons. The summed E-state index contributed by atoms with van der Waals surface area (Å²) >= 11 is 1.24. The standard InChI is InChI=1S/C11H10F3N3O3S2/c12-11(13,14)10-15-9(16-20-10)7-4-8(21-6-7)5-17-2-1-3-22(17,18)19/h4,6H,1-3,5H2. The number of hydrogen-bond acceptors (Lipinski definition) is 6. The summed E-state index contributed by atoms with van der Waals surface area (Å²) < 4.78 is 66.2. The molecule has 0 radical (unpaired) electrons. The van der Waals surface area contributed by atoms with Crippen LogP contribution in [0.15, 0.2) is 16.0 Å². The molecule has 0 saturated carbocycles. The second-order valence-corrected chi connectivity index (χ2v) is 7.81. The van der Waals surface area contributed by atoms with Crippen LogP contribution in [0, 0.1) is 0 Å². The Bertz CT molecular complexity index is 782. The molecular formula is C11H10F3N3O3S2. The van der Waals surface area contributed by atoms with E-state index >= 15 is 0 Å². The number of aromatic nitrogens is 2. The van der Waals surface area contributed by atoms with Crippen LogP contribution < -0.4 is 0 Å². The van der Waals surface area contributed by atoms with E-state index in [-0.39, 0.29) is 18.1 Å². The Morgan fingerprint density at radius 3 is 2.77 bits per heavy atom. The van der Waals surface area contributed by atoms with Crippen molar-refractivity contribution in [3.05, 3.63) is 22.2 Å². The highest BCUT2D eigenvalue weighted by atomic mass is 32.2. The van der Waals surface area contributed by atoms with Crippen LogP contribution >= 0.6 is 11.3 Å². The molecule has 2 aromatic rings. The average molecular weight is 353 g/mol. The molecule has 22 heavy (non-hydrogen) atoms. The zero-order chi connectivity index (χ0) is 16.0. The summed E-state index contributed by atoms with van der Waals surface area (Å²) in [4.78, 5) is 4.00. The maximum Gasteiger partial charge on any atom is 0.471 e. The number of nitrogens with zero attached hydrogens (tertiary/aromatic N) is 3. The predicted molar refractivity (Wildman–Crippen MR) is 71.4 cm³/mol. The summed E-state index contributed by atoms with van der Waals surface area (Å²) in [6.07, 6.45) is -4.10. The highest BCUT2D eigenvalue weighted by molar-refractivity contribution is 7.89. The second kappa shape index (κ2) is 5.32. The van der Waals surface area contributed by atoms with E-state index in [9.17, 15) is 21.6 Å². The Hall–Kier alpha value is -1.46. The van der Waals surface area contributed by atoms with Gasteiger partial charge in [-0.1, -0.05) is 5.16 Å². The number of hydrogen-bond donors (Lipinski definition) is 0. The summed E-state index contributed by atoms with van der Waals surface area (Å²) in [6.45, 7) is 0.660. The van der Waals surface area contributed by atoms with Crippen LogP contribution in [0.2, 0.25) is 0 Å². The lowest BCUT2D eigenvalue weighted by molar-refractivity contribution is -0.159. The van der Waals surface area contributed by atoms with Crippen molar-refractivity contribution in [2.24, 2.45) is 0 Å². The van der Waals surface area contributed by atoms with Gasteiger partial charge in [-0.2, -0.15) is 22.5 Å². The Labute approximate surface area is 127 Å². The third-order valence-corrected chi connectivity index (χ3v) is 5.94. The SMILES string of the molecule is O=S1(=O)CCCN1Cc1cc(-c2noc(C(F)(F)F)n2)cs1. The summed E-state index contributed by atoms with van der Waals surface area (Å²) in [5, 5.41) is 4.87. The number of rotatable bonds is 3. The molecule has 1 fully saturated rings. The van der Waals surface area contributed by atoms with Crippen molar-refractivity contribution in [2.45, 2.75) is 19.1 Å². The van der Waals surface area contributed by atoms with Crippen molar-refractivity contribution in [2.75, 3.05) is 12.3 Å². The van der Waals surface area contributed by atoms with Crippen molar-refractivity contribution in [1.29, 1.82) is 0 Å². The fourth-order valence-electron chi connectivity index (χ4n) is 2.08. The van der Waals surface area contributed by atoms with Gasteiger partial charge in [-0.3, -0.25) is 0 Å². The number of sulfonamides is 1. The van der Waals surface area contributed by atoms with E-state index in [1.54, 1.807) is 11.4 Å². The Morgan fingerprint density at radius 1 is 1.41 bits per heavy atom. The fourth-order valence-corrected chi connectivity index (χ4v) is 4.53. The minimum absolute atomic E-state index is 0.130. The quantitative estimate of drug-likeness (QED) is 0.847. The van der Waals surface area contributed by atoms with Gasteiger partial charge >= 0.3 is 12.1 Å². The third-order valence-electron chi connectivity index (χ3n) is 3.12. The van der Waals surface area contributed by atoms with Crippen LogP contribution in [0.3, 0.4) is 0 Å². The van der Waals surface area contributed by atoms with Gasteiger partial charge in [0.1, 0.15) is 0 Å². The van der Waals surface area contributed by atoms with Gasteiger partial charge in [0.15, 0.2) is 0 Å². The van der Waals surface area contributed by atoms with Gasteiger partial charge in [0, 0.05) is 28.9 Å². The van der Waals surface area contributed by atoms with E-state index in [0.717, 1.165) is 0 Å². The lowest BCUT2D eigenvalue weighted by Crippen LogP contribution is -2.24. The Morgan fingerprint density at radius 2 is 2.18 bits per heavy atom. The first-order valence-electron chi connectivity index (χ1n) is 6.22. The first-order valence-corrected chi connectivity index (χ1v) is 8.71. The van der Waals surface area contributed by atoms with Gasteiger partial charge in [-0.15, -0.1) is 11.3 Å².